The van der Waals surface area contributed by atoms with Crippen molar-refractivity contribution < 1.29 is 9.13 Å². The Bertz CT molecular complexity index is 613. The van der Waals surface area contributed by atoms with E-state index in [2.05, 4.69) is 9.97 Å². The van der Waals surface area contributed by atoms with Gasteiger partial charge in [0.2, 0.25) is 0 Å². The molecule has 0 saturated heterocycles. The number of hydrogen-bond donors (Lipinski definition) is 1. The van der Waals surface area contributed by atoms with E-state index in [0.29, 0.717) is 17.1 Å². The summed E-state index contributed by atoms with van der Waals surface area (Å²) < 4.78 is 18.5. The molecule has 18 heavy (non-hydrogen) atoms. The van der Waals surface area contributed by atoms with Crippen LogP contribution < -0.4 is 4.74 Å². The van der Waals surface area contributed by atoms with Gasteiger partial charge in [0.05, 0.1) is 25.3 Å². The van der Waals surface area contributed by atoms with Crippen LogP contribution in [0, 0.1) is 24.1 Å². The highest BCUT2D eigenvalue weighted by molar-refractivity contribution is 5.63. The summed E-state index contributed by atoms with van der Waals surface area (Å²) in [7, 11) is 1.42. The molecule has 5 heteroatoms. The molecule has 1 aromatic heterocycles. The first-order chi connectivity index (χ1) is 8.65. The van der Waals surface area contributed by atoms with Crippen LogP contribution in [0.1, 0.15) is 11.5 Å². The third-order valence-electron chi connectivity index (χ3n) is 2.61. The maximum Gasteiger partial charge on any atom is 0.165 e. The van der Waals surface area contributed by atoms with Gasteiger partial charge in [-0.2, -0.15) is 5.26 Å². The molecule has 0 radical (unpaired) electrons. The Morgan fingerprint density at radius 3 is 2.89 bits per heavy atom. The van der Waals surface area contributed by atoms with Gasteiger partial charge >= 0.3 is 0 Å². The van der Waals surface area contributed by atoms with Gasteiger partial charge < -0.3 is 9.72 Å². The number of aromatic nitrogens is 2. The van der Waals surface area contributed by atoms with Crippen LogP contribution in [0.4, 0.5) is 4.39 Å². The van der Waals surface area contributed by atoms with E-state index in [-0.39, 0.29) is 12.2 Å². The predicted octanol–water partition coefficient (Wildman–Crippen LogP) is 2.60. The standard InChI is InChI=1S/C13H12FN3O/c1-8-13(17-12(16-8)5-6-15)9-3-4-11(18-2)10(14)7-9/h3-4,7H,5H2,1-2H3,(H,16,17). The lowest BCUT2D eigenvalue weighted by Crippen LogP contribution is -1.89. The van der Waals surface area contributed by atoms with E-state index in [0.717, 1.165) is 5.69 Å². The normalized spacial score (nSPS) is 10.1. The summed E-state index contributed by atoms with van der Waals surface area (Å²) in [6, 6.07) is 6.69. The number of benzene rings is 1. The molecule has 0 unspecified atom stereocenters. The molecule has 0 saturated carbocycles. The molecule has 0 aliphatic carbocycles. The monoisotopic (exact) mass is 245 g/mol. The molecule has 2 rings (SSSR count). The number of aryl methyl sites for hydroxylation is 1. The average Bonchev–Trinajstić information content (AvgIpc) is 2.71. The van der Waals surface area contributed by atoms with E-state index in [1.54, 1.807) is 12.1 Å². The van der Waals surface area contributed by atoms with Crippen molar-refractivity contribution in [2.24, 2.45) is 0 Å². The Morgan fingerprint density at radius 2 is 2.28 bits per heavy atom. The molecule has 0 amide bonds. The largest absolute Gasteiger partial charge is 0.494 e. The van der Waals surface area contributed by atoms with Crippen molar-refractivity contribution in [2.45, 2.75) is 13.3 Å². The molecule has 1 heterocycles. The van der Waals surface area contributed by atoms with Gasteiger partial charge in [0.1, 0.15) is 5.82 Å². The lowest BCUT2D eigenvalue weighted by molar-refractivity contribution is 0.386. The van der Waals surface area contributed by atoms with Crippen LogP contribution in [0.2, 0.25) is 0 Å². The molecular formula is C13H12FN3O. The number of H-pyrrole nitrogens is 1. The molecule has 0 spiro atoms. The smallest absolute Gasteiger partial charge is 0.165 e. The van der Waals surface area contributed by atoms with E-state index < -0.39 is 5.82 Å². The van der Waals surface area contributed by atoms with Crippen molar-refractivity contribution in [2.75, 3.05) is 7.11 Å². The van der Waals surface area contributed by atoms with E-state index in [1.807, 2.05) is 13.0 Å². The fourth-order valence-electron chi connectivity index (χ4n) is 1.78. The second kappa shape index (κ2) is 4.88. The fourth-order valence-corrected chi connectivity index (χ4v) is 1.78. The third kappa shape index (κ3) is 2.18. The topological polar surface area (TPSA) is 61.7 Å². The van der Waals surface area contributed by atoms with Crippen molar-refractivity contribution in [3.8, 4) is 23.1 Å². The molecule has 0 aliphatic heterocycles. The van der Waals surface area contributed by atoms with Gasteiger partial charge in [-0.3, -0.25) is 0 Å². The van der Waals surface area contributed by atoms with E-state index in [1.165, 1.54) is 13.2 Å². The number of imidazole rings is 1. The zero-order chi connectivity index (χ0) is 13.1. The number of rotatable bonds is 3. The van der Waals surface area contributed by atoms with Crippen LogP contribution in [-0.4, -0.2) is 17.1 Å². The Kier molecular flexibility index (Phi) is 3.28. The van der Waals surface area contributed by atoms with Gasteiger partial charge in [-0.25, -0.2) is 9.37 Å². The summed E-state index contributed by atoms with van der Waals surface area (Å²) in [5.41, 5.74) is 2.12. The van der Waals surface area contributed by atoms with E-state index in [9.17, 15) is 4.39 Å². The summed E-state index contributed by atoms with van der Waals surface area (Å²) in [5.74, 6) is 0.352. The highest BCUT2D eigenvalue weighted by Crippen LogP contribution is 2.26. The maximum atomic E-state index is 13.6. The highest BCUT2D eigenvalue weighted by atomic mass is 19.1. The third-order valence-corrected chi connectivity index (χ3v) is 2.61. The van der Waals surface area contributed by atoms with Crippen LogP contribution in [0.3, 0.4) is 0 Å². The first kappa shape index (κ1) is 12.1. The SMILES string of the molecule is COc1ccc(-c2nc(CC#N)[nH]c2C)cc1F. The molecule has 92 valence electrons. The van der Waals surface area contributed by atoms with Crippen LogP contribution in [0.5, 0.6) is 5.75 Å². The summed E-state index contributed by atoms with van der Waals surface area (Å²) in [6.45, 7) is 1.84. The number of hydrogen-bond acceptors (Lipinski definition) is 3. The first-order valence-corrected chi connectivity index (χ1v) is 5.42. The zero-order valence-electron chi connectivity index (χ0n) is 10.1. The summed E-state index contributed by atoms with van der Waals surface area (Å²) >= 11 is 0. The molecule has 4 nitrogen and oxygen atoms in total. The van der Waals surface area contributed by atoms with Crippen molar-refractivity contribution in [3.05, 3.63) is 35.5 Å². The van der Waals surface area contributed by atoms with Crippen molar-refractivity contribution in [1.82, 2.24) is 9.97 Å². The van der Waals surface area contributed by atoms with Gasteiger partial charge in [0, 0.05) is 11.3 Å². The van der Waals surface area contributed by atoms with Gasteiger partial charge in [-0.05, 0) is 25.1 Å². The molecule has 2 aromatic rings. The number of nitrogens with zero attached hydrogens (tertiary/aromatic N) is 2. The molecular weight excluding hydrogens is 233 g/mol. The summed E-state index contributed by atoms with van der Waals surface area (Å²) in [5, 5.41) is 8.62. The minimum Gasteiger partial charge on any atom is -0.494 e. The van der Waals surface area contributed by atoms with E-state index >= 15 is 0 Å². The zero-order valence-corrected chi connectivity index (χ0v) is 10.1. The Labute approximate surface area is 104 Å². The van der Waals surface area contributed by atoms with Gasteiger partial charge in [0.25, 0.3) is 0 Å². The Balaban J connectivity index is 2.42. The molecule has 0 atom stereocenters. The molecule has 1 N–H and O–H groups in total. The fraction of sp³-hybridized carbons (Fsp3) is 0.231. The molecule has 0 fully saturated rings. The van der Waals surface area contributed by atoms with Crippen molar-refractivity contribution >= 4 is 0 Å². The summed E-state index contributed by atoms with van der Waals surface area (Å²) in [6.07, 6.45) is 0.208. The number of ether oxygens (including phenoxy) is 1. The minimum atomic E-state index is -0.431. The van der Waals surface area contributed by atoms with Crippen molar-refractivity contribution in [1.29, 1.82) is 5.26 Å². The molecule has 0 aliphatic rings. The Hall–Kier alpha value is -2.35. The lowest BCUT2D eigenvalue weighted by atomic mass is 10.1. The predicted molar refractivity (Wildman–Crippen MR) is 64.6 cm³/mol. The molecule has 1 aromatic carbocycles. The number of aromatic amines is 1. The van der Waals surface area contributed by atoms with E-state index in [4.69, 9.17) is 10.00 Å². The maximum absolute atomic E-state index is 13.6. The van der Waals surface area contributed by atoms with Crippen LogP contribution in [-0.2, 0) is 6.42 Å². The second-order valence-electron chi connectivity index (χ2n) is 3.84. The number of methoxy groups -OCH3 is 1. The highest BCUT2D eigenvalue weighted by Gasteiger charge is 2.11. The van der Waals surface area contributed by atoms with Gasteiger partial charge in [0.15, 0.2) is 11.6 Å². The Morgan fingerprint density at radius 1 is 1.50 bits per heavy atom. The van der Waals surface area contributed by atoms with Crippen LogP contribution >= 0.6 is 0 Å². The van der Waals surface area contributed by atoms with Gasteiger partial charge in [-0.15, -0.1) is 0 Å². The summed E-state index contributed by atoms with van der Waals surface area (Å²) in [4.78, 5) is 7.29. The second-order valence-corrected chi connectivity index (χ2v) is 3.84. The first-order valence-electron chi connectivity index (χ1n) is 5.42. The van der Waals surface area contributed by atoms with Crippen LogP contribution in [0.25, 0.3) is 11.3 Å². The number of nitriles is 1. The minimum absolute atomic E-state index is 0.198. The molecule has 0 bridgehead atoms. The number of halogens is 1. The lowest BCUT2D eigenvalue weighted by Gasteiger charge is -2.03. The van der Waals surface area contributed by atoms with Gasteiger partial charge in [-0.1, -0.05) is 0 Å². The quantitative estimate of drug-likeness (QED) is 0.904. The average molecular weight is 245 g/mol. The van der Waals surface area contributed by atoms with Crippen LogP contribution in [0.15, 0.2) is 18.2 Å². The van der Waals surface area contributed by atoms with Crippen molar-refractivity contribution in [3.63, 3.8) is 0 Å². The number of nitrogens with one attached hydrogen (secondary N) is 1.